The van der Waals surface area contributed by atoms with Crippen LogP contribution >= 0.6 is 0 Å². The first kappa shape index (κ1) is 16.3. The molecule has 120 valence electrons. The molecule has 0 unspecified atom stereocenters. The van der Waals surface area contributed by atoms with Crippen molar-refractivity contribution < 1.29 is 19.1 Å². The summed E-state index contributed by atoms with van der Waals surface area (Å²) in [5, 5.41) is 2.93. The van der Waals surface area contributed by atoms with Gasteiger partial charge in [0, 0.05) is 6.04 Å². The van der Waals surface area contributed by atoms with Gasteiger partial charge >= 0.3 is 5.97 Å². The third kappa shape index (κ3) is 4.00. The van der Waals surface area contributed by atoms with Crippen LogP contribution in [0.3, 0.4) is 0 Å². The van der Waals surface area contributed by atoms with E-state index in [4.69, 9.17) is 9.47 Å². The van der Waals surface area contributed by atoms with Crippen molar-refractivity contribution in [3.05, 3.63) is 29.3 Å². The number of nitrogens with one attached hydrogen (secondary N) is 1. The summed E-state index contributed by atoms with van der Waals surface area (Å²) >= 11 is 0. The lowest BCUT2D eigenvalue weighted by Gasteiger charge is -2.17. The number of esters is 1. The van der Waals surface area contributed by atoms with E-state index >= 15 is 0 Å². The summed E-state index contributed by atoms with van der Waals surface area (Å²) in [5.41, 5.74) is 1.31. The van der Waals surface area contributed by atoms with E-state index in [1.165, 1.54) is 0 Å². The first-order valence-electron chi connectivity index (χ1n) is 7.67. The van der Waals surface area contributed by atoms with E-state index in [-0.39, 0.29) is 11.9 Å². The highest BCUT2D eigenvalue weighted by Gasteiger charge is 2.23. The number of carbonyl (C=O) groups is 2. The second kappa shape index (κ2) is 7.29. The van der Waals surface area contributed by atoms with Crippen LogP contribution < -0.4 is 10.1 Å². The van der Waals surface area contributed by atoms with Crippen LogP contribution in [0, 0.1) is 6.92 Å². The largest absolute Gasteiger partial charge is 0.496 e. The summed E-state index contributed by atoms with van der Waals surface area (Å²) in [6.45, 7) is 3.49. The molecule has 0 aromatic heterocycles. The number of carbonyl (C=O) groups excluding carboxylic acids is 2. The van der Waals surface area contributed by atoms with Crippen molar-refractivity contribution in [1.29, 1.82) is 0 Å². The van der Waals surface area contributed by atoms with Gasteiger partial charge in [-0.3, -0.25) is 4.79 Å². The van der Waals surface area contributed by atoms with E-state index in [2.05, 4.69) is 5.32 Å². The van der Waals surface area contributed by atoms with Crippen LogP contribution in [0.1, 0.15) is 48.5 Å². The molecule has 1 aromatic carbocycles. The van der Waals surface area contributed by atoms with Crippen LogP contribution in [0.15, 0.2) is 18.2 Å². The Hall–Kier alpha value is -2.04. The number of aryl methyl sites for hydroxylation is 1. The molecule has 5 nitrogen and oxygen atoms in total. The molecule has 5 heteroatoms. The smallest absolute Gasteiger partial charge is 0.339 e. The van der Waals surface area contributed by atoms with Crippen molar-refractivity contribution in [3.8, 4) is 5.75 Å². The average molecular weight is 305 g/mol. The molecule has 0 aliphatic heterocycles. The molecule has 0 bridgehead atoms. The van der Waals surface area contributed by atoms with E-state index in [1.54, 1.807) is 32.2 Å². The molecule has 2 rings (SSSR count). The van der Waals surface area contributed by atoms with Gasteiger partial charge in [0.15, 0.2) is 6.10 Å². The van der Waals surface area contributed by atoms with E-state index in [9.17, 15) is 9.59 Å². The van der Waals surface area contributed by atoms with Crippen LogP contribution in [0.25, 0.3) is 0 Å². The van der Waals surface area contributed by atoms with Crippen LogP contribution in [0.5, 0.6) is 5.75 Å². The highest BCUT2D eigenvalue weighted by molar-refractivity contribution is 5.92. The van der Waals surface area contributed by atoms with E-state index in [0.29, 0.717) is 11.3 Å². The van der Waals surface area contributed by atoms with Gasteiger partial charge in [0.05, 0.1) is 12.7 Å². The number of hydrogen-bond donors (Lipinski definition) is 1. The number of hydrogen-bond acceptors (Lipinski definition) is 4. The molecule has 1 aromatic rings. The zero-order valence-electron chi connectivity index (χ0n) is 13.3. The fourth-order valence-corrected chi connectivity index (χ4v) is 2.62. The molecule has 1 fully saturated rings. The van der Waals surface area contributed by atoms with Crippen molar-refractivity contribution in [2.45, 2.75) is 51.7 Å². The van der Waals surface area contributed by atoms with Gasteiger partial charge in [-0.05, 0) is 44.4 Å². The van der Waals surface area contributed by atoms with Crippen molar-refractivity contribution >= 4 is 11.9 Å². The normalized spacial score (nSPS) is 16.1. The summed E-state index contributed by atoms with van der Waals surface area (Å²) in [6, 6.07) is 5.30. The van der Waals surface area contributed by atoms with Gasteiger partial charge in [0.1, 0.15) is 5.75 Å². The third-order valence-electron chi connectivity index (χ3n) is 4.00. The molecule has 1 amide bonds. The number of amides is 1. The Morgan fingerprint density at radius 3 is 2.59 bits per heavy atom. The fourth-order valence-electron chi connectivity index (χ4n) is 2.62. The molecule has 0 spiro atoms. The summed E-state index contributed by atoms with van der Waals surface area (Å²) in [5.74, 6) is -0.135. The zero-order chi connectivity index (χ0) is 16.1. The molecule has 0 saturated heterocycles. The lowest BCUT2D eigenvalue weighted by Crippen LogP contribution is -2.40. The Kier molecular flexibility index (Phi) is 5.41. The molecule has 1 aliphatic carbocycles. The topological polar surface area (TPSA) is 64.6 Å². The average Bonchev–Trinajstić information content (AvgIpc) is 3.00. The molecule has 1 saturated carbocycles. The Labute approximate surface area is 131 Å². The minimum absolute atomic E-state index is 0.216. The quantitative estimate of drug-likeness (QED) is 0.849. The van der Waals surface area contributed by atoms with Gasteiger partial charge in [-0.15, -0.1) is 0 Å². The maximum atomic E-state index is 12.1. The maximum absolute atomic E-state index is 12.1. The minimum atomic E-state index is -0.805. The minimum Gasteiger partial charge on any atom is -0.496 e. The van der Waals surface area contributed by atoms with E-state index < -0.39 is 12.1 Å². The van der Waals surface area contributed by atoms with Crippen molar-refractivity contribution in [1.82, 2.24) is 5.32 Å². The first-order valence-corrected chi connectivity index (χ1v) is 7.67. The van der Waals surface area contributed by atoms with Crippen molar-refractivity contribution in [2.24, 2.45) is 0 Å². The predicted octanol–water partition coefficient (Wildman–Crippen LogP) is 2.61. The highest BCUT2D eigenvalue weighted by Crippen LogP contribution is 2.20. The molecule has 1 atom stereocenters. The Morgan fingerprint density at radius 1 is 1.27 bits per heavy atom. The summed E-state index contributed by atoms with van der Waals surface area (Å²) in [6.07, 6.45) is 3.48. The third-order valence-corrected chi connectivity index (χ3v) is 4.00. The van der Waals surface area contributed by atoms with Crippen LogP contribution in [0.2, 0.25) is 0 Å². The van der Waals surface area contributed by atoms with Crippen LogP contribution in [0.4, 0.5) is 0 Å². The number of methoxy groups -OCH3 is 1. The Balaban J connectivity index is 1.94. The summed E-state index contributed by atoms with van der Waals surface area (Å²) in [4.78, 5) is 24.1. The second-order valence-electron chi connectivity index (χ2n) is 5.72. The van der Waals surface area contributed by atoms with Gasteiger partial charge in [-0.1, -0.05) is 18.9 Å². The molecule has 0 radical (unpaired) electrons. The second-order valence-corrected chi connectivity index (χ2v) is 5.72. The Morgan fingerprint density at radius 2 is 1.95 bits per heavy atom. The summed E-state index contributed by atoms with van der Waals surface area (Å²) < 4.78 is 10.4. The van der Waals surface area contributed by atoms with Crippen molar-refractivity contribution in [3.63, 3.8) is 0 Å². The van der Waals surface area contributed by atoms with E-state index in [0.717, 1.165) is 31.2 Å². The fraction of sp³-hybridized carbons (Fsp3) is 0.529. The zero-order valence-corrected chi connectivity index (χ0v) is 13.3. The number of benzene rings is 1. The van der Waals surface area contributed by atoms with Gasteiger partial charge in [0.25, 0.3) is 5.91 Å². The maximum Gasteiger partial charge on any atom is 0.339 e. The lowest BCUT2D eigenvalue weighted by molar-refractivity contribution is -0.129. The standard InChI is InChI=1S/C17H23NO4/c1-11-8-9-13(10-15(11)21-3)17(20)22-12(2)16(19)18-14-6-4-5-7-14/h8-10,12,14H,4-7H2,1-3H3,(H,18,19)/t12-/m1/s1. The predicted molar refractivity (Wildman–Crippen MR) is 83.0 cm³/mol. The lowest BCUT2D eigenvalue weighted by atomic mass is 10.1. The Bertz CT molecular complexity index is 550. The van der Waals surface area contributed by atoms with Gasteiger partial charge in [-0.25, -0.2) is 4.79 Å². The van der Waals surface area contributed by atoms with Crippen molar-refractivity contribution in [2.75, 3.05) is 7.11 Å². The SMILES string of the molecule is COc1cc(C(=O)O[C@H](C)C(=O)NC2CCCC2)ccc1C. The van der Waals surface area contributed by atoms with Crippen LogP contribution in [-0.4, -0.2) is 31.1 Å². The van der Waals surface area contributed by atoms with E-state index in [1.807, 2.05) is 6.92 Å². The first-order chi connectivity index (χ1) is 10.5. The number of ether oxygens (including phenoxy) is 2. The highest BCUT2D eigenvalue weighted by atomic mass is 16.5. The summed E-state index contributed by atoms with van der Waals surface area (Å²) in [7, 11) is 1.55. The molecular weight excluding hydrogens is 282 g/mol. The number of rotatable bonds is 5. The van der Waals surface area contributed by atoms with Crippen LogP contribution in [-0.2, 0) is 9.53 Å². The molecule has 0 heterocycles. The monoisotopic (exact) mass is 305 g/mol. The molecule has 22 heavy (non-hydrogen) atoms. The van der Waals surface area contributed by atoms with Gasteiger partial charge < -0.3 is 14.8 Å². The molecule has 1 aliphatic rings. The van der Waals surface area contributed by atoms with Gasteiger partial charge in [0.2, 0.25) is 0 Å². The molecule has 1 N–H and O–H groups in total. The molecular formula is C17H23NO4. The van der Waals surface area contributed by atoms with Gasteiger partial charge in [-0.2, -0.15) is 0 Å².